The number of pyridine rings is 1. The van der Waals surface area contributed by atoms with Crippen LogP contribution in [0.5, 0.6) is 0 Å². The molecule has 9 heteroatoms. The fourth-order valence-corrected chi connectivity index (χ4v) is 2.68. The highest BCUT2D eigenvalue weighted by Gasteiger charge is 2.38. The number of aromatic nitrogens is 3. The molecule has 3 rings (SSSR count). The van der Waals surface area contributed by atoms with Gasteiger partial charge in [-0.1, -0.05) is 18.2 Å². The Labute approximate surface area is 151 Å². The first kappa shape index (κ1) is 18.6. The molecule has 0 saturated heterocycles. The number of alkyl halides is 3. The number of benzene rings is 1. The molecule has 140 valence electrons. The van der Waals surface area contributed by atoms with Crippen molar-refractivity contribution in [1.29, 1.82) is 0 Å². The monoisotopic (exact) mass is 376 g/mol. The van der Waals surface area contributed by atoms with E-state index >= 15 is 0 Å². The number of hydrogen-bond donors (Lipinski definition) is 1. The molecule has 0 fully saturated rings. The maximum Gasteiger partial charge on any atom is 0.438 e. The van der Waals surface area contributed by atoms with Gasteiger partial charge >= 0.3 is 6.18 Å². The number of carbonyl (C=O) groups is 1. The van der Waals surface area contributed by atoms with Gasteiger partial charge in [0.1, 0.15) is 6.04 Å². The first-order chi connectivity index (χ1) is 12.8. The van der Waals surface area contributed by atoms with Crippen LogP contribution in [0.15, 0.2) is 53.6 Å². The Hall–Kier alpha value is -3.23. The highest BCUT2D eigenvalue weighted by Crippen LogP contribution is 2.27. The number of halogens is 3. The summed E-state index contributed by atoms with van der Waals surface area (Å²) in [5.74, 6) is -0.592. The van der Waals surface area contributed by atoms with Crippen molar-refractivity contribution in [3.05, 3.63) is 70.4 Å². The topological polar surface area (TPSA) is 76.9 Å². The van der Waals surface area contributed by atoms with Crippen molar-refractivity contribution in [2.45, 2.75) is 25.7 Å². The summed E-state index contributed by atoms with van der Waals surface area (Å²) in [6.07, 6.45) is -1.79. The minimum Gasteiger partial charge on any atom is -0.350 e. The molecule has 1 aromatic carbocycles. The zero-order chi connectivity index (χ0) is 19.6. The second-order valence-corrected chi connectivity index (χ2v) is 5.88. The van der Waals surface area contributed by atoms with E-state index in [1.54, 1.807) is 30.6 Å². The van der Waals surface area contributed by atoms with Gasteiger partial charge in [-0.25, -0.2) is 4.98 Å². The van der Waals surface area contributed by atoms with E-state index in [-0.39, 0.29) is 17.6 Å². The van der Waals surface area contributed by atoms with Crippen LogP contribution in [0.4, 0.5) is 13.2 Å². The highest BCUT2D eigenvalue weighted by molar-refractivity contribution is 5.83. The third-order valence-corrected chi connectivity index (χ3v) is 4.02. The molecule has 1 N–H and O–H groups in total. The molecule has 27 heavy (non-hydrogen) atoms. The number of nitrogens with zero attached hydrogens (tertiary/aromatic N) is 3. The third kappa shape index (κ3) is 3.81. The smallest absolute Gasteiger partial charge is 0.350 e. The first-order valence-electron chi connectivity index (χ1n) is 8.04. The number of para-hydroxylation sites is 2. The van der Waals surface area contributed by atoms with Crippen molar-refractivity contribution in [3.63, 3.8) is 0 Å². The summed E-state index contributed by atoms with van der Waals surface area (Å²) in [5, 5.41) is 2.61. The molecule has 1 amide bonds. The van der Waals surface area contributed by atoms with Crippen molar-refractivity contribution in [1.82, 2.24) is 19.9 Å². The zero-order valence-corrected chi connectivity index (χ0v) is 14.2. The van der Waals surface area contributed by atoms with Gasteiger partial charge in [-0.05, 0) is 30.7 Å². The molecule has 1 unspecified atom stereocenters. The largest absolute Gasteiger partial charge is 0.438 e. The summed E-state index contributed by atoms with van der Waals surface area (Å²) in [7, 11) is 0. The molecule has 0 spiro atoms. The summed E-state index contributed by atoms with van der Waals surface area (Å²) in [6.45, 7) is 1.51. The molecule has 0 bridgehead atoms. The fraction of sp³-hybridized carbons (Fsp3) is 0.222. The van der Waals surface area contributed by atoms with Crippen LogP contribution in [0, 0.1) is 0 Å². The van der Waals surface area contributed by atoms with Gasteiger partial charge in [-0.2, -0.15) is 13.2 Å². The summed E-state index contributed by atoms with van der Waals surface area (Å²) >= 11 is 0. The molecule has 2 aromatic heterocycles. The van der Waals surface area contributed by atoms with E-state index in [0.29, 0.717) is 0 Å². The van der Waals surface area contributed by atoms with Gasteiger partial charge < -0.3 is 5.32 Å². The average molecular weight is 376 g/mol. The van der Waals surface area contributed by atoms with Crippen molar-refractivity contribution < 1.29 is 18.0 Å². The van der Waals surface area contributed by atoms with Crippen molar-refractivity contribution in [2.75, 3.05) is 0 Å². The minimum absolute atomic E-state index is 0.0173. The second kappa shape index (κ2) is 7.18. The summed E-state index contributed by atoms with van der Waals surface area (Å²) in [5.41, 5.74) is -2.05. The van der Waals surface area contributed by atoms with Gasteiger partial charge in [-0.3, -0.25) is 19.1 Å². The lowest BCUT2D eigenvalue weighted by Gasteiger charge is -2.19. The summed E-state index contributed by atoms with van der Waals surface area (Å²) < 4.78 is 40.4. The molecular weight excluding hydrogens is 361 g/mol. The Morgan fingerprint density at radius 1 is 1.22 bits per heavy atom. The Balaban J connectivity index is 2.00. The van der Waals surface area contributed by atoms with E-state index in [1.807, 2.05) is 0 Å². The lowest BCUT2D eigenvalue weighted by atomic mass is 10.2. The van der Waals surface area contributed by atoms with Crippen molar-refractivity contribution in [2.24, 2.45) is 0 Å². The lowest BCUT2D eigenvalue weighted by Crippen LogP contribution is -2.38. The molecular formula is C18H15F3N4O2. The first-order valence-corrected chi connectivity index (χ1v) is 8.04. The minimum atomic E-state index is -4.92. The molecule has 0 aliphatic rings. The quantitative estimate of drug-likeness (QED) is 0.760. The van der Waals surface area contributed by atoms with Crippen LogP contribution in [0.3, 0.4) is 0 Å². The van der Waals surface area contributed by atoms with Crippen LogP contribution in [-0.4, -0.2) is 20.4 Å². The summed E-state index contributed by atoms with van der Waals surface area (Å²) in [6, 6.07) is 8.17. The molecule has 0 aliphatic heterocycles. The van der Waals surface area contributed by atoms with E-state index in [9.17, 15) is 22.8 Å². The van der Waals surface area contributed by atoms with Crippen molar-refractivity contribution >= 4 is 16.9 Å². The molecule has 6 nitrogen and oxygen atoms in total. The van der Waals surface area contributed by atoms with Gasteiger partial charge in [0.25, 0.3) is 5.56 Å². The van der Waals surface area contributed by atoms with E-state index in [0.717, 1.165) is 10.1 Å². The van der Waals surface area contributed by atoms with E-state index in [2.05, 4.69) is 15.3 Å². The normalized spacial score (nSPS) is 12.7. The summed E-state index contributed by atoms with van der Waals surface area (Å²) in [4.78, 5) is 32.3. The average Bonchev–Trinajstić information content (AvgIpc) is 2.65. The van der Waals surface area contributed by atoms with Crippen molar-refractivity contribution in [3.8, 4) is 0 Å². The van der Waals surface area contributed by atoms with Crippen LogP contribution in [-0.2, 0) is 17.5 Å². The van der Waals surface area contributed by atoms with Crippen LogP contribution < -0.4 is 10.9 Å². The SMILES string of the molecule is CC(C(=O)NCc1cccnc1)n1c(=O)c(C(F)(F)F)nc2ccccc21. The van der Waals surface area contributed by atoms with Crippen LogP contribution in [0.1, 0.15) is 24.2 Å². The van der Waals surface area contributed by atoms with E-state index in [1.165, 1.54) is 25.1 Å². The Morgan fingerprint density at radius 2 is 1.96 bits per heavy atom. The third-order valence-electron chi connectivity index (χ3n) is 4.02. The predicted molar refractivity (Wildman–Crippen MR) is 91.8 cm³/mol. The standard InChI is InChI=1S/C18H15F3N4O2/c1-11(16(26)23-10-12-5-4-8-22-9-12)25-14-7-3-2-6-13(14)24-15(17(25)27)18(19,20)21/h2-9,11H,10H2,1H3,(H,23,26). The highest BCUT2D eigenvalue weighted by atomic mass is 19.4. The Bertz CT molecular complexity index is 1030. The number of rotatable bonds is 4. The molecule has 2 heterocycles. The van der Waals surface area contributed by atoms with Gasteiger partial charge in [0.05, 0.1) is 11.0 Å². The Kier molecular flexibility index (Phi) is 4.93. The molecule has 0 aliphatic carbocycles. The van der Waals surface area contributed by atoms with Crippen LogP contribution >= 0.6 is 0 Å². The molecule has 0 saturated carbocycles. The van der Waals surface area contributed by atoms with Gasteiger partial charge in [0, 0.05) is 18.9 Å². The zero-order valence-electron chi connectivity index (χ0n) is 14.2. The number of hydrogen-bond acceptors (Lipinski definition) is 4. The molecule has 3 aromatic rings. The van der Waals surface area contributed by atoms with E-state index < -0.39 is 29.4 Å². The van der Waals surface area contributed by atoms with Crippen LogP contribution in [0.2, 0.25) is 0 Å². The second-order valence-electron chi connectivity index (χ2n) is 5.88. The molecule has 1 atom stereocenters. The number of amides is 1. The molecule has 0 radical (unpaired) electrons. The van der Waals surface area contributed by atoms with Gasteiger partial charge in [0.15, 0.2) is 0 Å². The van der Waals surface area contributed by atoms with Crippen LogP contribution in [0.25, 0.3) is 11.0 Å². The maximum absolute atomic E-state index is 13.2. The number of fused-ring (bicyclic) bond motifs is 1. The van der Waals surface area contributed by atoms with Gasteiger partial charge in [-0.15, -0.1) is 0 Å². The van der Waals surface area contributed by atoms with Gasteiger partial charge in [0.2, 0.25) is 11.6 Å². The predicted octanol–water partition coefficient (Wildman–Crippen LogP) is 2.69. The Morgan fingerprint density at radius 3 is 2.63 bits per heavy atom. The maximum atomic E-state index is 13.2. The van der Waals surface area contributed by atoms with E-state index in [4.69, 9.17) is 0 Å². The fourth-order valence-electron chi connectivity index (χ4n) is 2.68. The number of carbonyl (C=O) groups excluding carboxylic acids is 1. The lowest BCUT2D eigenvalue weighted by molar-refractivity contribution is -0.142. The number of nitrogens with one attached hydrogen (secondary N) is 1.